The largest absolute Gasteiger partial charge is 0.467 e. The molecule has 9 heteroatoms. The molecule has 3 fully saturated rings. The molecule has 0 spiro atoms. The molecule has 176 valence electrons. The van der Waals surface area contributed by atoms with Gasteiger partial charge < -0.3 is 30.3 Å². The van der Waals surface area contributed by atoms with E-state index in [1.54, 1.807) is 0 Å². The van der Waals surface area contributed by atoms with E-state index >= 15 is 0 Å². The van der Waals surface area contributed by atoms with E-state index in [9.17, 15) is 14.4 Å². The first-order chi connectivity index (χ1) is 14.9. The molecule has 0 aromatic rings. The maximum absolute atomic E-state index is 12.7. The third-order valence-electron chi connectivity index (χ3n) is 6.91. The number of carbonyl (C=O) groups excluding carboxylic acids is 3. The number of urea groups is 1. The number of likely N-dealkylation sites (tertiary alicyclic amines) is 1. The average molecular weight is 439 g/mol. The first kappa shape index (κ1) is 23.8. The number of rotatable bonds is 6. The van der Waals surface area contributed by atoms with Gasteiger partial charge in [-0.15, -0.1) is 0 Å². The van der Waals surface area contributed by atoms with E-state index in [4.69, 9.17) is 9.47 Å². The highest BCUT2D eigenvalue weighted by atomic mass is 16.5. The van der Waals surface area contributed by atoms with Crippen LogP contribution < -0.4 is 16.0 Å². The molecule has 0 aromatic heterocycles. The minimum absolute atomic E-state index is 0.00655. The highest BCUT2D eigenvalue weighted by Gasteiger charge is 2.44. The lowest BCUT2D eigenvalue weighted by molar-refractivity contribution is -0.152. The number of methoxy groups -OCH3 is 1. The summed E-state index contributed by atoms with van der Waals surface area (Å²) in [6.45, 7) is 5.80. The predicted molar refractivity (Wildman–Crippen MR) is 115 cm³/mol. The van der Waals surface area contributed by atoms with Crippen LogP contribution in [-0.2, 0) is 19.1 Å². The fraction of sp³-hybridized carbons (Fsp3) is 0.864. The van der Waals surface area contributed by atoms with Gasteiger partial charge in [-0.3, -0.25) is 4.79 Å². The second kappa shape index (κ2) is 11.1. The van der Waals surface area contributed by atoms with Crippen molar-refractivity contribution in [1.82, 2.24) is 20.9 Å². The molecule has 2 aliphatic heterocycles. The summed E-state index contributed by atoms with van der Waals surface area (Å²) in [4.78, 5) is 38.4. The third kappa shape index (κ3) is 6.55. The summed E-state index contributed by atoms with van der Waals surface area (Å²) in [5.74, 6) is -0.0133. The lowest BCUT2D eigenvalue weighted by atomic mass is 9.79. The minimum atomic E-state index is -0.980. The number of hydrogen-bond donors (Lipinski definition) is 3. The van der Waals surface area contributed by atoms with E-state index in [0.29, 0.717) is 44.7 Å². The van der Waals surface area contributed by atoms with Crippen LogP contribution in [0.15, 0.2) is 0 Å². The van der Waals surface area contributed by atoms with Crippen LogP contribution in [0, 0.1) is 5.92 Å². The molecule has 0 radical (unpaired) electrons. The van der Waals surface area contributed by atoms with Gasteiger partial charge in [0.25, 0.3) is 0 Å². The second-order valence-electron chi connectivity index (χ2n) is 9.19. The number of ether oxygens (including phenoxy) is 2. The van der Waals surface area contributed by atoms with Gasteiger partial charge >= 0.3 is 12.0 Å². The quantitative estimate of drug-likeness (QED) is 0.537. The number of hydrogen-bond acceptors (Lipinski definition) is 6. The lowest BCUT2D eigenvalue weighted by Crippen LogP contribution is -2.59. The van der Waals surface area contributed by atoms with Gasteiger partial charge in [0.2, 0.25) is 5.91 Å². The topological polar surface area (TPSA) is 109 Å². The van der Waals surface area contributed by atoms with Gasteiger partial charge in [0, 0.05) is 32.7 Å². The van der Waals surface area contributed by atoms with Crippen molar-refractivity contribution in [1.29, 1.82) is 0 Å². The third-order valence-corrected chi connectivity index (χ3v) is 6.91. The van der Waals surface area contributed by atoms with E-state index in [0.717, 1.165) is 32.5 Å². The van der Waals surface area contributed by atoms with E-state index < -0.39 is 11.5 Å². The maximum Gasteiger partial charge on any atom is 0.331 e. The van der Waals surface area contributed by atoms with Crippen molar-refractivity contribution in [3.8, 4) is 0 Å². The first-order valence-corrected chi connectivity index (χ1v) is 11.7. The van der Waals surface area contributed by atoms with Crippen molar-refractivity contribution in [3.63, 3.8) is 0 Å². The van der Waals surface area contributed by atoms with Crippen molar-refractivity contribution in [3.05, 3.63) is 0 Å². The van der Waals surface area contributed by atoms with Gasteiger partial charge in [-0.25, -0.2) is 9.59 Å². The molecule has 0 bridgehead atoms. The zero-order chi connectivity index (χ0) is 22.3. The standard InChI is InChI=1S/C22H38N4O5/c1-16(27)25-22(20(28)30-2)9-3-18(4-10-22)24-21(29)26-13-7-19(8-14-26)31-15-17-5-11-23-12-6-17/h17-19,23H,3-15H2,1-2H3,(H,24,29)(H,25,27). The molecule has 1 aliphatic carbocycles. The number of carbonyl (C=O) groups is 3. The Kier molecular flexibility index (Phi) is 8.54. The normalized spacial score (nSPS) is 28.1. The van der Waals surface area contributed by atoms with E-state index in [-0.39, 0.29) is 24.1 Å². The molecule has 0 atom stereocenters. The molecule has 3 rings (SSSR count). The Morgan fingerprint density at radius 3 is 2.26 bits per heavy atom. The van der Waals surface area contributed by atoms with Gasteiger partial charge in [-0.1, -0.05) is 0 Å². The Bertz CT molecular complexity index is 621. The molecule has 3 N–H and O–H groups in total. The first-order valence-electron chi connectivity index (χ1n) is 11.7. The van der Waals surface area contributed by atoms with Gasteiger partial charge in [0.1, 0.15) is 5.54 Å². The lowest BCUT2D eigenvalue weighted by Gasteiger charge is -2.39. The second-order valence-corrected chi connectivity index (χ2v) is 9.19. The van der Waals surface area contributed by atoms with Crippen LogP contribution in [0.5, 0.6) is 0 Å². The predicted octanol–water partition coefficient (Wildman–Crippen LogP) is 1.17. The summed E-state index contributed by atoms with van der Waals surface area (Å²) in [5, 5.41) is 9.26. The van der Waals surface area contributed by atoms with Crippen LogP contribution >= 0.6 is 0 Å². The van der Waals surface area contributed by atoms with Crippen molar-refractivity contribution >= 4 is 17.9 Å². The van der Waals surface area contributed by atoms with Crippen molar-refractivity contribution < 1.29 is 23.9 Å². The molecule has 0 aromatic carbocycles. The van der Waals surface area contributed by atoms with Gasteiger partial charge in [0.15, 0.2) is 0 Å². The monoisotopic (exact) mass is 438 g/mol. The Morgan fingerprint density at radius 1 is 1.03 bits per heavy atom. The number of piperidine rings is 2. The number of nitrogens with zero attached hydrogens (tertiary/aromatic N) is 1. The molecule has 2 heterocycles. The molecular weight excluding hydrogens is 400 g/mol. The maximum atomic E-state index is 12.7. The van der Waals surface area contributed by atoms with Crippen molar-refractivity contribution in [2.45, 2.75) is 76.0 Å². The van der Waals surface area contributed by atoms with Gasteiger partial charge in [-0.05, 0) is 70.4 Å². The van der Waals surface area contributed by atoms with Crippen LogP contribution in [0.4, 0.5) is 4.79 Å². The van der Waals surface area contributed by atoms with Gasteiger partial charge in [-0.2, -0.15) is 0 Å². The highest BCUT2D eigenvalue weighted by Crippen LogP contribution is 2.30. The zero-order valence-electron chi connectivity index (χ0n) is 18.9. The molecule has 2 saturated heterocycles. The zero-order valence-corrected chi connectivity index (χ0v) is 18.9. The molecule has 31 heavy (non-hydrogen) atoms. The number of esters is 1. The summed E-state index contributed by atoms with van der Waals surface area (Å²) in [7, 11) is 1.33. The highest BCUT2D eigenvalue weighted by molar-refractivity contribution is 5.87. The Labute approximate surface area is 185 Å². The van der Waals surface area contributed by atoms with Gasteiger partial charge in [0.05, 0.1) is 13.2 Å². The van der Waals surface area contributed by atoms with Crippen LogP contribution in [0.2, 0.25) is 0 Å². The smallest absolute Gasteiger partial charge is 0.331 e. The molecule has 0 unspecified atom stereocenters. The summed E-state index contributed by atoms with van der Waals surface area (Å²) < 4.78 is 11.0. The summed E-state index contributed by atoms with van der Waals surface area (Å²) in [6.07, 6.45) is 6.51. The molecule has 1 saturated carbocycles. The van der Waals surface area contributed by atoms with Crippen LogP contribution in [-0.4, -0.2) is 80.4 Å². The fourth-order valence-electron chi connectivity index (χ4n) is 4.98. The summed E-state index contributed by atoms with van der Waals surface area (Å²) in [6, 6.07) is -0.0557. The Balaban J connectivity index is 1.38. The van der Waals surface area contributed by atoms with Crippen LogP contribution in [0.1, 0.15) is 58.3 Å². The Hall–Kier alpha value is -1.87. The SMILES string of the molecule is COC(=O)C1(NC(C)=O)CCC(NC(=O)N2CCC(OCC3CCNCC3)CC2)CC1. The fourth-order valence-corrected chi connectivity index (χ4v) is 4.98. The molecule has 3 amide bonds. The van der Waals surface area contributed by atoms with Crippen LogP contribution in [0.3, 0.4) is 0 Å². The van der Waals surface area contributed by atoms with Crippen LogP contribution in [0.25, 0.3) is 0 Å². The van der Waals surface area contributed by atoms with Crippen molar-refractivity contribution in [2.24, 2.45) is 5.92 Å². The van der Waals surface area contributed by atoms with E-state index in [1.165, 1.54) is 26.9 Å². The number of amides is 3. The number of nitrogens with one attached hydrogen (secondary N) is 3. The molecule has 9 nitrogen and oxygen atoms in total. The summed E-state index contributed by atoms with van der Waals surface area (Å²) in [5.41, 5.74) is -0.980. The average Bonchev–Trinajstić information content (AvgIpc) is 2.79. The summed E-state index contributed by atoms with van der Waals surface area (Å²) >= 11 is 0. The molecule has 3 aliphatic rings. The Morgan fingerprint density at radius 2 is 1.68 bits per heavy atom. The van der Waals surface area contributed by atoms with Crippen molar-refractivity contribution in [2.75, 3.05) is 39.9 Å². The van der Waals surface area contributed by atoms with E-state index in [2.05, 4.69) is 16.0 Å². The van der Waals surface area contributed by atoms with E-state index in [1.807, 2.05) is 4.90 Å². The minimum Gasteiger partial charge on any atom is -0.467 e. The molecular formula is C22H38N4O5.